The maximum Gasteiger partial charge on any atom is 0.337 e. The Balaban J connectivity index is 1.78. The van der Waals surface area contributed by atoms with Crippen LogP contribution in [0, 0.1) is 5.92 Å². The Bertz CT molecular complexity index is 785. The highest BCUT2D eigenvalue weighted by molar-refractivity contribution is 5.95. The molecule has 1 aliphatic rings. The lowest BCUT2D eigenvalue weighted by Crippen LogP contribution is -2.39. The van der Waals surface area contributed by atoms with Crippen molar-refractivity contribution in [3.05, 3.63) is 65.2 Å². The summed E-state index contributed by atoms with van der Waals surface area (Å²) in [4.78, 5) is 26.8. The zero-order valence-corrected chi connectivity index (χ0v) is 15.4. The number of aryl methyl sites for hydroxylation is 1. The predicted octanol–water partition coefficient (Wildman–Crippen LogP) is 4.02. The standard InChI is InChI=1S/C22H25NO3/c1-3-13-23(20-7-5-4-6-8-20)21(24)18-11-9-17-15-19(22(25)26-2)12-10-16(17)14-18/h4-8,10,12,15,18H,3,9,11,13-14H2,1-2H3. The molecular weight excluding hydrogens is 326 g/mol. The lowest BCUT2D eigenvalue weighted by molar-refractivity contribution is -0.122. The van der Waals surface area contributed by atoms with Crippen LogP contribution in [0.3, 0.4) is 0 Å². The number of anilines is 1. The molecule has 0 aliphatic heterocycles. The number of hydrogen-bond acceptors (Lipinski definition) is 3. The van der Waals surface area contributed by atoms with Gasteiger partial charge in [0.15, 0.2) is 0 Å². The molecule has 0 fully saturated rings. The molecule has 4 heteroatoms. The van der Waals surface area contributed by atoms with Gasteiger partial charge in [0.1, 0.15) is 0 Å². The average Bonchev–Trinajstić information content (AvgIpc) is 2.70. The Morgan fingerprint density at radius 1 is 1.12 bits per heavy atom. The summed E-state index contributed by atoms with van der Waals surface area (Å²) < 4.78 is 4.79. The van der Waals surface area contributed by atoms with Gasteiger partial charge in [0.25, 0.3) is 0 Å². The van der Waals surface area contributed by atoms with E-state index in [1.165, 1.54) is 7.11 Å². The zero-order valence-electron chi connectivity index (χ0n) is 15.4. The Hall–Kier alpha value is -2.62. The third-order valence-electron chi connectivity index (χ3n) is 4.99. The number of esters is 1. The fourth-order valence-electron chi connectivity index (χ4n) is 3.63. The van der Waals surface area contributed by atoms with Crippen LogP contribution < -0.4 is 4.90 Å². The third kappa shape index (κ3) is 3.79. The Kier molecular flexibility index (Phi) is 5.71. The van der Waals surface area contributed by atoms with Gasteiger partial charge < -0.3 is 9.64 Å². The highest BCUT2D eigenvalue weighted by atomic mass is 16.5. The number of nitrogens with zero attached hydrogens (tertiary/aromatic N) is 1. The number of fused-ring (bicyclic) bond motifs is 1. The summed E-state index contributed by atoms with van der Waals surface area (Å²) in [6.45, 7) is 2.82. The quantitative estimate of drug-likeness (QED) is 0.764. The van der Waals surface area contributed by atoms with E-state index >= 15 is 0 Å². The maximum atomic E-state index is 13.2. The highest BCUT2D eigenvalue weighted by Crippen LogP contribution is 2.29. The topological polar surface area (TPSA) is 46.6 Å². The molecule has 0 heterocycles. The number of ether oxygens (including phenoxy) is 1. The van der Waals surface area contributed by atoms with E-state index in [0.717, 1.165) is 49.0 Å². The second-order valence-electron chi connectivity index (χ2n) is 6.74. The van der Waals surface area contributed by atoms with Crippen molar-refractivity contribution < 1.29 is 14.3 Å². The van der Waals surface area contributed by atoms with Crippen LogP contribution >= 0.6 is 0 Å². The van der Waals surface area contributed by atoms with Crippen molar-refractivity contribution in [1.82, 2.24) is 0 Å². The van der Waals surface area contributed by atoms with Gasteiger partial charge >= 0.3 is 5.97 Å². The fraction of sp³-hybridized carbons (Fsp3) is 0.364. The van der Waals surface area contributed by atoms with Gasteiger partial charge in [0.05, 0.1) is 12.7 Å². The van der Waals surface area contributed by atoms with Crippen LogP contribution in [0.4, 0.5) is 5.69 Å². The summed E-state index contributed by atoms with van der Waals surface area (Å²) in [6.07, 6.45) is 3.27. The van der Waals surface area contributed by atoms with Crippen LogP contribution in [0.25, 0.3) is 0 Å². The first-order chi connectivity index (χ1) is 12.6. The Morgan fingerprint density at radius 3 is 2.58 bits per heavy atom. The SMILES string of the molecule is CCCN(C(=O)C1CCc2cc(C(=O)OC)ccc2C1)c1ccccc1. The lowest BCUT2D eigenvalue weighted by Gasteiger charge is -2.30. The predicted molar refractivity (Wildman–Crippen MR) is 102 cm³/mol. The van der Waals surface area contributed by atoms with E-state index in [0.29, 0.717) is 5.56 Å². The average molecular weight is 351 g/mol. The number of rotatable bonds is 5. The molecule has 0 N–H and O–H groups in total. The van der Waals surface area contributed by atoms with Crippen LogP contribution in [-0.4, -0.2) is 25.5 Å². The molecular formula is C22H25NO3. The van der Waals surface area contributed by atoms with Gasteiger partial charge in [0.2, 0.25) is 5.91 Å². The molecule has 2 aromatic rings. The van der Waals surface area contributed by atoms with Gasteiger partial charge in [-0.15, -0.1) is 0 Å². The lowest BCUT2D eigenvalue weighted by atomic mass is 9.82. The van der Waals surface area contributed by atoms with Crippen LogP contribution in [0.2, 0.25) is 0 Å². The molecule has 136 valence electrons. The molecule has 0 spiro atoms. The second-order valence-corrected chi connectivity index (χ2v) is 6.74. The molecule has 0 radical (unpaired) electrons. The largest absolute Gasteiger partial charge is 0.465 e. The van der Waals surface area contributed by atoms with Crippen LogP contribution in [0.15, 0.2) is 48.5 Å². The molecule has 26 heavy (non-hydrogen) atoms. The van der Waals surface area contributed by atoms with Gasteiger partial charge in [-0.25, -0.2) is 4.79 Å². The molecule has 1 unspecified atom stereocenters. The van der Waals surface area contributed by atoms with Gasteiger partial charge in [-0.05, 0) is 61.1 Å². The second kappa shape index (κ2) is 8.17. The molecule has 2 aromatic carbocycles. The van der Waals surface area contributed by atoms with Crippen molar-refractivity contribution in [3.8, 4) is 0 Å². The zero-order chi connectivity index (χ0) is 18.5. The molecule has 0 saturated carbocycles. The number of carbonyl (C=O) groups excluding carboxylic acids is 2. The molecule has 3 rings (SSSR count). The number of hydrogen-bond donors (Lipinski definition) is 0. The molecule has 4 nitrogen and oxygen atoms in total. The highest BCUT2D eigenvalue weighted by Gasteiger charge is 2.29. The number of para-hydroxylation sites is 1. The summed E-state index contributed by atoms with van der Waals surface area (Å²) in [6, 6.07) is 15.6. The van der Waals surface area contributed by atoms with E-state index in [2.05, 4.69) is 6.92 Å². The van der Waals surface area contributed by atoms with Crippen molar-refractivity contribution in [2.75, 3.05) is 18.6 Å². The first kappa shape index (κ1) is 18.2. The monoisotopic (exact) mass is 351 g/mol. The van der Waals surface area contributed by atoms with Gasteiger partial charge in [0, 0.05) is 18.2 Å². The van der Waals surface area contributed by atoms with E-state index in [1.54, 1.807) is 6.07 Å². The normalized spacial score (nSPS) is 15.8. The van der Waals surface area contributed by atoms with Crippen molar-refractivity contribution in [2.45, 2.75) is 32.6 Å². The number of benzene rings is 2. The number of amides is 1. The van der Waals surface area contributed by atoms with E-state index < -0.39 is 0 Å². The summed E-state index contributed by atoms with van der Waals surface area (Å²) in [5.74, 6) is -0.136. The van der Waals surface area contributed by atoms with Crippen molar-refractivity contribution in [2.24, 2.45) is 5.92 Å². The Labute approximate surface area is 154 Å². The molecule has 1 atom stereocenters. The van der Waals surface area contributed by atoms with Gasteiger partial charge in [-0.1, -0.05) is 31.2 Å². The van der Waals surface area contributed by atoms with E-state index in [1.807, 2.05) is 47.4 Å². The van der Waals surface area contributed by atoms with Crippen molar-refractivity contribution >= 4 is 17.6 Å². The summed E-state index contributed by atoms with van der Waals surface area (Å²) >= 11 is 0. The molecule has 0 saturated heterocycles. The van der Waals surface area contributed by atoms with E-state index in [9.17, 15) is 9.59 Å². The minimum atomic E-state index is -0.316. The summed E-state index contributed by atoms with van der Waals surface area (Å²) in [5.41, 5.74) is 3.85. The molecule has 1 amide bonds. The van der Waals surface area contributed by atoms with Crippen molar-refractivity contribution in [1.29, 1.82) is 0 Å². The maximum absolute atomic E-state index is 13.2. The molecule has 1 aliphatic carbocycles. The minimum absolute atomic E-state index is 0.0155. The molecule has 0 bridgehead atoms. The minimum Gasteiger partial charge on any atom is -0.465 e. The van der Waals surface area contributed by atoms with Crippen LogP contribution in [0.1, 0.15) is 41.3 Å². The van der Waals surface area contributed by atoms with Crippen molar-refractivity contribution in [3.63, 3.8) is 0 Å². The van der Waals surface area contributed by atoms with Gasteiger partial charge in [-0.3, -0.25) is 4.79 Å². The third-order valence-corrected chi connectivity index (χ3v) is 4.99. The smallest absolute Gasteiger partial charge is 0.337 e. The first-order valence-electron chi connectivity index (χ1n) is 9.20. The van der Waals surface area contributed by atoms with Crippen LogP contribution in [-0.2, 0) is 22.4 Å². The number of methoxy groups -OCH3 is 1. The van der Waals surface area contributed by atoms with Gasteiger partial charge in [-0.2, -0.15) is 0 Å². The Morgan fingerprint density at radius 2 is 1.88 bits per heavy atom. The number of carbonyl (C=O) groups is 2. The van der Waals surface area contributed by atoms with Crippen LogP contribution in [0.5, 0.6) is 0 Å². The summed E-state index contributed by atoms with van der Waals surface area (Å²) in [5, 5.41) is 0. The fourth-order valence-corrected chi connectivity index (χ4v) is 3.63. The first-order valence-corrected chi connectivity index (χ1v) is 9.20. The van der Waals surface area contributed by atoms with E-state index in [-0.39, 0.29) is 17.8 Å². The van der Waals surface area contributed by atoms with E-state index in [4.69, 9.17) is 4.74 Å². The summed E-state index contributed by atoms with van der Waals surface area (Å²) in [7, 11) is 1.39. The molecule has 0 aromatic heterocycles.